The molecule has 2 amide bonds. The lowest BCUT2D eigenvalue weighted by molar-refractivity contribution is -0.136. The highest BCUT2D eigenvalue weighted by Gasteiger charge is 2.35. The van der Waals surface area contributed by atoms with Crippen LogP contribution in [-0.2, 0) is 22.6 Å². The first-order valence-electron chi connectivity index (χ1n) is 6.95. The SMILES string of the molecule is CONC(=O)[C@H]1Cc2ccccc2CN1C(=O)c1ccco1. The van der Waals surface area contributed by atoms with Crippen molar-refractivity contribution in [3.05, 3.63) is 59.5 Å². The number of rotatable bonds is 3. The molecule has 114 valence electrons. The average Bonchev–Trinajstić information content (AvgIpc) is 3.07. The first-order chi connectivity index (χ1) is 10.7. The second-order valence-electron chi connectivity index (χ2n) is 5.07. The molecule has 0 spiro atoms. The summed E-state index contributed by atoms with van der Waals surface area (Å²) in [5.74, 6) is -0.442. The summed E-state index contributed by atoms with van der Waals surface area (Å²) in [6.07, 6.45) is 1.88. The number of nitrogens with zero attached hydrogens (tertiary/aromatic N) is 1. The molecule has 1 aromatic heterocycles. The molecule has 0 saturated heterocycles. The van der Waals surface area contributed by atoms with E-state index in [0.29, 0.717) is 13.0 Å². The van der Waals surface area contributed by atoms with Gasteiger partial charge in [-0.1, -0.05) is 24.3 Å². The second kappa shape index (κ2) is 6.03. The molecule has 3 rings (SSSR count). The van der Waals surface area contributed by atoms with Gasteiger partial charge in [0.15, 0.2) is 5.76 Å². The van der Waals surface area contributed by atoms with Gasteiger partial charge in [-0.15, -0.1) is 0 Å². The molecule has 6 nitrogen and oxygen atoms in total. The maximum Gasteiger partial charge on any atom is 0.290 e. The number of benzene rings is 1. The van der Waals surface area contributed by atoms with E-state index in [1.54, 1.807) is 12.1 Å². The van der Waals surface area contributed by atoms with Gasteiger partial charge in [-0.3, -0.25) is 14.4 Å². The van der Waals surface area contributed by atoms with Crippen molar-refractivity contribution in [3.63, 3.8) is 0 Å². The summed E-state index contributed by atoms with van der Waals surface area (Å²) in [6.45, 7) is 0.359. The number of furan rings is 1. The first-order valence-corrected chi connectivity index (χ1v) is 6.95. The molecule has 6 heteroatoms. The molecule has 1 aliphatic heterocycles. The average molecular weight is 300 g/mol. The van der Waals surface area contributed by atoms with Crippen LogP contribution in [0.25, 0.3) is 0 Å². The fourth-order valence-corrected chi connectivity index (χ4v) is 2.68. The van der Waals surface area contributed by atoms with Crippen LogP contribution in [0.15, 0.2) is 47.1 Å². The molecule has 0 aliphatic carbocycles. The summed E-state index contributed by atoms with van der Waals surface area (Å²) < 4.78 is 5.17. The summed E-state index contributed by atoms with van der Waals surface area (Å²) in [6, 6.07) is 10.4. The lowest BCUT2D eigenvalue weighted by Crippen LogP contribution is -2.52. The van der Waals surface area contributed by atoms with E-state index >= 15 is 0 Å². The monoisotopic (exact) mass is 300 g/mol. The number of nitrogens with one attached hydrogen (secondary N) is 1. The Bertz CT molecular complexity index is 681. The van der Waals surface area contributed by atoms with Gasteiger partial charge < -0.3 is 9.32 Å². The first kappa shape index (κ1) is 14.3. The molecule has 22 heavy (non-hydrogen) atoms. The standard InChI is InChI=1S/C16H16N2O4/c1-21-17-15(19)13-9-11-5-2-3-6-12(11)10-18(13)16(20)14-7-4-8-22-14/h2-8,13H,9-10H2,1H3,(H,17,19)/t13-/m1/s1. The Balaban J connectivity index is 1.94. The molecular weight excluding hydrogens is 284 g/mol. The maximum atomic E-state index is 12.6. The van der Waals surface area contributed by atoms with Crippen molar-refractivity contribution >= 4 is 11.8 Å². The van der Waals surface area contributed by atoms with E-state index in [-0.39, 0.29) is 17.6 Å². The van der Waals surface area contributed by atoms with Crippen LogP contribution < -0.4 is 5.48 Å². The van der Waals surface area contributed by atoms with E-state index in [9.17, 15) is 9.59 Å². The van der Waals surface area contributed by atoms with Crippen molar-refractivity contribution in [2.24, 2.45) is 0 Å². The van der Waals surface area contributed by atoms with Crippen LogP contribution in [-0.4, -0.2) is 29.9 Å². The Hall–Kier alpha value is -2.60. The molecule has 1 aliphatic rings. The van der Waals surface area contributed by atoms with Crippen molar-refractivity contribution in [2.45, 2.75) is 19.0 Å². The minimum atomic E-state index is -0.632. The molecule has 1 aromatic carbocycles. The lowest BCUT2D eigenvalue weighted by Gasteiger charge is -2.35. The molecule has 0 radical (unpaired) electrons. The highest BCUT2D eigenvalue weighted by Crippen LogP contribution is 2.25. The molecular formula is C16H16N2O4. The number of hydrogen-bond donors (Lipinski definition) is 1. The van der Waals surface area contributed by atoms with Crippen molar-refractivity contribution in [2.75, 3.05) is 7.11 Å². The summed E-state index contributed by atoms with van der Waals surface area (Å²) >= 11 is 0. The Morgan fingerprint density at radius 2 is 2.00 bits per heavy atom. The van der Waals surface area contributed by atoms with Crippen molar-refractivity contribution < 1.29 is 18.8 Å². The summed E-state index contributed by atoms with van der Waals surface area (Å²) in [5, 5.41) is 0. The van der Waals surface area contributed by atoms with Crippen LogP contribution in [0.5, 0.6) is 0 Å². The van der Waals surface area contributed by atoms with Crippen molar-refractivity contribution in [1.29, 1.82) is 0 Å². The van der Waals surface area contributed by atoms with Gasteiger partial charge in [0.25, 0.3) is 11.8 Å². The molecule has 1 N–H and O–H groups in total. The lowest BCUT2D eigenvalue weighted by atomic mass is 9.93. The van der Waals surface area contributed by atoms with E-state index in [4.69, 9.17) is 9.25 Å². The molecule has 2 heterocycles. The predicted octanol–water partition coefficient (Wildman–Crippen LogP) is 1.52. The number of hydroxylamine groups is 1. The van der Waals surface area contributed by atoms with Crippen LogP contribution in [0.1, 0.15) is 21.7 Å². The molecule has 1 atom stereocenters. The Morgan fingerprint density at radius 3 is 2.68 bits per heavy atom. The highest BCUT2D eigenvalue weighted by molar-refractivity contribution is 5.95. The smallest absolute Gasteiger partial charge is 0.290 e. The van der Waals surface area contributed by atoms with Gasteiger partial charge in [0.2, 0.25) is 0 Å². The Kier molecular flexibility index (Phi) is 3.93. The van der Waals surface area contributed by atoms with Gasteiger partial charge in [0.05, 0.1) is 13.4 Å². The Labute approximate surface area is 127 Å². The van der Waals surface area contributed by atoms with Crippen LogP contribution in [0.2, 0.25) is 0 Å². The van der Waals surface area contributed by atoms with Gasteiger partial charge >= 0.3 is 0 Å². The van der Waals surface area contributed by atoms with E-state index < -0.39 is 6.04 Å². The fourth-order valence-electron chi connectivity index (χ4n) is 2.68. The normalized spacial score (nSPS) is 17.0. The van der Waals surface area contributed by atoms with Gasteiger partial charge in [-0.25, -0.2) is 5.48 Å². The van der Waals surface area contributed by atoms with E-state index in [2.05, 4.69) is 5.48 Å². The zero-order chi connectivity index (χ0) is 15.5. The predicted molar refractivity (Wildman–Crippen MR) is 77.7 cm³/mol. The topological polar surface area (TPSA) is 71.8 Å². The van der Waals surface area contributed by atoms with Crippen LogP contribution in [0, 0.1) is 0 Å². The minimum absolute atomic E-state index is 0.217. The number of carbonyl (C=O) groups excluding carboxylic acids is 2. The minimum Gasteiger partial charge on any atom is -0.459 e. The maximum absolute atomic E-state index is 12.6. The van der Waals surface area contributed by atoms with Crippen molar-refractivity contribution in [1.82, 2.24) is 10.4 Å². The molecule has 0 saturated carbocycles. The second-order valence-corrected chi connectivity index (χ2v) is 5.07. The third-order valence-electron chi connectivity index (χ3n) is 3.75. The highest BCUT2D eigenvalue weighted by atomic mass is 16.6. The van der Waals surface area contributed by atoms with Gasteiger partial charge in [-0.2, -0.15) is 0 Å². The van der Waals surface area contributed by atoms with Crippen LogP contribution >= 0.6 is 0 Å². The summed E-state index contributed by atoms with van der Waals surface area (Å²) in [5.41, 5.74) is 4.40. The summed E-state index contributed by atoms with van der Waals surface area (Å²) in [7, 11) is 1.37. The van der Waals surface area contributed by atoms with E-state index in [1.807, 2.05) is 24.3 Å². The quantitative estimate of drug-likeness (QED) is 0.873. The van der Waals surface area contributed by atoms with Crippen LogP contribution in [0.4, 0.5) is 0 Å². The van der Waals surface area contributed by atoms with Gasteiger partial charge in [-0.05, 0) is 23.3 Å². The molecule has 0 fully saturated rings. The van der Waals surface area contributed by atoms with E-state index in [1.165, 1.54) is 18.3 Å². The fraction of sp³-hybridized carbons (Fsp3) is 0.250. The van der Waals surface area contributed by atoms with E-state index in [0.717, 1.165) is 11.1 Å². The zero-order valence-corrected chi connectivity index (χ0v) is 12.1. The number of carbonyl (C=O) groups is 2. The number of hydrogen-bond acceptors (Lipinski definition) is 4. The summed E-state index contributed by atoms with van der Waals surface area (Å²) in [4.78, 5) is 31.0. The van der Waals surface area contributed by atoms with Gasteiger partial charge in [0.1, 0.15) is 6.04 Å². The third-order valence-corrected chi connectivity index (χ3v) is 3.75. The van der Waals surface area contributed by atoms with Gasteiger partial charge in [0, 0.05) is 13.0 Å². The largest absolute Gasteiger partial charge is 0.459 e. The zero-order valence-electron chi connectivity index (χ0n) is 12.1. The number of fused-ring (bicyclic) bond motifs is 1. The molecule has 2 aromatic rings. The Morgan fingerprint density at radius 1 is 1.23 bits per heavy atom. The molecule has 0 bridgehead atoms. The molecule has 0 unspecified atom stereocenters. The van der Waals surface area contributed by atoms with Crippen molar-refractivity contribution in [3.8, 4) is 0 Å². The third kappa shape index (κ3) is 2.60. The van der Waals surface area contributed by atoms with Crippen LogP contribution in [0.3, 0.4) is 0 Å². The number of amides is 2.